The van der Waals surface area contributed by atoms with Crippen molar-refractivity contribution in [3.63, 3.8) is 0 Å². The maximum atomic E-state index is 13.1. The van der Waals surface area contributed by atoms with Gasteiger partial charge in [-0.2, -0.15) is 5.26 Å². The second-order valence-corrected chi connectivity index (χ2v) is 3.15. The highest BCUT2D eigenvalue weighted by atomic mass is 19.1. The quantitative estimate of drug-likeness (QED) is 0.746. The van der Waals surface area contributed by atoms with Crippen LogP contribution in [-0.2, 0) is 4.74 Å². The number of nitriles is 1. The highest BCUT2D eigenvalue weighted by Gasteiger charge is 2.23. The number of rotatable bonds is 2. The topological polar surface area (TPSA) is 42.2 Å². The molecule has 78 valence electrons. The third-order valence-electron chi connectivity index (χ3n) is 2.03. The molecule has 0 spiro atoms. The van der Waals surface area contributed by atoms with Gasteiger partial charge in [0.2, 0.25) is 0 Å². The molecule has 1 aromatic carbocycles. The summed E-state index contributed by atoms with van der Waals surface area (Å²) in [5.41, 5.74) is -0.275. The standard InChI is InChI=1S/C10H7F2NO2/c11-6-1-9(12)8(3-13)10(2-6)15-7-4-14-5-7/h1-2,7H,4-5H2. The van der Waals surface area contributed by atoms with Crippen LogP contribution >= 0.6 is 0 Å². The van der Waals surface area contributed by atoms with Crippen LogP contribution in [0.4, 0.5) is 8.78 Å². The van der Waals surface area contributed by atoms with Gasteiger partial charge in [-0.05, 0) is 0 Å². The largest absolute Gasteiger partial charge is 0.484 e. The third kappa shape index (κ3) is 1.90. The summed E-state index contributed by atoms with van der Waals surface area (Å²) in [7, 11) is 0. The summed E-state index contributed by atoms with van der Waals surface area (Å²) in [6, 6.07) is 3.29. The smallest absolute Gasteiger partial charge is 0.147 e. The van der Waals surface area contributed by atoms with Gasteiger partial charge in [0.15, 0.2) is 0 Å². The van der Waals surface area contributed by atoms with E-state index in [1.54, 1.807) is 6.07 Å². The molecule has 1 fully saturated rings. The number of hydrogen-bond donors (Lipinski definition) is 0. The van der Waals surface area contributed by atoms with Gasteiger partial charge in [0.1, 0.15) is 35.1 Å². The second kappa shape index (κ2) is 3.83. The Morgan fingerprint density at radius 3 is 2.67 bits per heavy atom. The Morgan fingerprint density at radius 2 is 2.13 bits per heavy atom. The van der Waals surface area contributed by atoms with E-state index in [1.807, 2.05) is 0 Å². The highest BCUT2D eigenvalue weighted by molar-refractivity contribution is 5.44. The van der Waals surface area contributed by atoms with E-state index in [1.165, 1.54) is 0 Å². The van der Waals surface area contributed by atoms with Gasteiger partial charge in [-0.1, -0.05) is 0 Å². The molecule has 1 heterocycles. The number of ether oxygens (including phenoxy) is 2. The van der Waals surface area contributed by atoms with E-state index in [2.05, 4.69) is 0 Å². The van der Waals surface area contributed by atoms with E-state index < -0.39 is 11.6 Å². The van der Waals surface area contributed by atoms with Crippen molar-refractivity contribution in [1.82, 2.24) is 0 Å². The molecule has 0 saturated carbocycles. The average molecular weight is 211 g/mol. The second-order valence-electron chi connectivity index (χ2n) is 3.15. The van der Waals surface area contributed by atoms with Crippen LogP contribution in [0.2, 0.25) is 0 Å². The Kier molecular flexibility index (Phi) is 2.52. The minimum absolute atomic E-state index is 0.0664. The van der Waals surface area contributed by atoms with E-state index in [4.69, 9.17) is 14.7 Å². The van der Waals surface area contributed by atoms with Crippen molar-refractivity contribution in [2.75, 3.05) is 13.2 Å². The minimum atomic E-state index is -0.909. The average Bonchev–Trinajstić information content (AvgIpc) is 2.10. The van der Waals surface area contributed by atoms with Crippen LogP contribution in [0.15, 0.2) is 12.1 Å². The number of hydrogen-bond acceptors (Lipinski definition) is 3. The first kappa shape index (κ1) is 9.87. The first-order chi connectivity index (χ1) is 7.20. The summed E-state index contributed by atoms with van der Waals surface area (Å²) < 4.78 is 36.0. The summed E-state index contributed by atoms with van der Waals surface area (Å²) in [6.45, 7) is 0.756. The van der Waals surface area contributed by atoms with Gasteiger partial charge in [0.25, 0.3) is 0 Å². The van der Waals surface area contributed by atoms with Crippen molar-refractivity contribution in [3.05, 3.63) is 29.3 Å². The van der Waals surface area contributed by atoms with Crippen LogP contribution in [0.25, 0.3) is 0 Å². The number of halogens is 2. The zero-order valence-electron chi connectivity index (χ0n) is 7.67. The lowest BCUT2D eigenvalue weighted by Gasteiger charge is -2.27. The molecule has 0 atom stereocenters. The summed E-state index contributed by atoms with van der Waals surface area (Å²) in [5.74, 6) is -1.74. The molecule has 0 radical (unpaired) electrons. The fraction of sp³-hybridized carbons (Fsp3) is 0.300. The Bertz CT molecular complexity index is 424. The van der Waals surface area contributed by atoms with E-state index in [9.17, 15) is 8.78 Å². The Labute approximate surface area is 84.8 Å². The summed E-state index contributed by atoms with van der Waals surface area (Å²) in [6.07, 6.45) is -0.224. The SMILES string of the molecule is N#Cc1c(F)cc(F)cc1OC1COC1. The number of benzene rings is 1. The maximum absolute atomic E-state index is 13.1. The predicted octanol–water partition coefficient (Wildman–Crippen LogP) is 1.61. The van der Waals surface area contributed by atoms with Crippen LogP contribution in [0, 0.1) is 23.0 Å². The maximum Gasteiger partial charge on any atom is 0.147 e. The molecule has 3 nitrogen and oxygen atoms in total. The molecule has 0 bridgehead atoms. The van der Waals surface area contributed by atoms with Crippen LogP contribution in [0.3, 0.4) is 0 Å². The highest BCUT2D eigenvalue weighted by Crippen LogP contribution is 2.24. The fourth-order valence-electron chi connectivity index (χ4n) is 1.21. The van der Waals surface area contributed by atoms with Crippen LogP contribution in [0.5, 0.6) is 5.75 Å². The first-order valence-corrected chi connectivity index (χ1v) is 4.34. The minimum Gasteiger partial charge on any atom is -0.484 e. The van der Waals surface area contributed by atoms with E-state index >= 15 is 0 Å². The molecule has 0 aliphatic carbocycles. The molecule has 1 aromatic rings. The van der Waals surface area contributed by atoms with E-state index in [0.717, 1.165) is 6.07 Å². The molecule has 0 aromatic heterocycles. The van der Waals surface area contributed by atoms with E-state index in [-0.39, 0.29) is 17.4 Å². The molecule has 5 heteroatoms. The van der Waals surface area contributed by atoms with Gasteiger partial charge in [-0.15, -0.1) is 0 Å². The summed E-state index contributed by atoms with van der Waals surface area (Å²) in [4.78, 5) is 0. The van der Waals surface area contributed by atoms with Crippen molar-refractivity contribution >= 4 is 0 Å². The van der Waals surface area contributed by atoms with Crippen LogP contribution in [-0.4, -0.2) is 19.3 Å². The Morgan fingerprint density at radius 1 is 1.40 bits per heavy atom. The van der Waals surface area contributed by atoms with Gasteiger partial charge < -0.3 is 9.47 Å². The molecule has 1 aliphatic rings. The Hall–Kier alpha value is -1.67. The van der Waals surface area contributed by atoms with Gasteiger partial charge in [-0.25, -0.2) is 8.78 Å². The van der Waals surface area contributed by atoms with Gasteiger partial charge in [0.05, 0.1) is 13.2 Å². The molecule has 1 saturated heterocycles. The van der Waals surface area contributed by atoms with E-state index in [0.29, 0.717) is 19.3 Å². The zero-order valence-corrected chi connectivity index (χ0v) is 7.67. The van der Waals surface area contributed by atoms with Crippen molar-refractivity contribution in [2.24, 2.45) is 0 Å². The molecule has 0 amide bonds. The lowest BCUT2D eigenvalue weighted by Crippen LogP contribution is -2.38. The molecule has 2 rings (SSSR count). The molecule has 15 heavy (non-hydrogen) atoms. The van der Waals surface area contributed by atoms with Crippen molar-refractivity contribution in [2.45, 2.75) is 6.10 Å². The predicted molar refractivity (Wildman–Crippen MR) is 46.3 cm³/mol. The number of nitrogens with zero attached hydrogens (tertiary/aromatic N) is 1. The first-order valence-electron chi connectivity index (χ1n) is 4.34. The van der Waals surface area contributed by atoms with Gasteiger partial charge in [-0.3, -0.25) is 0 Å². The van der Waals surface area contributed by atoms with Gasteiger partial charge >= 0.3 is 0 Å². The molecule has 1 aliphatic heterocycles. The van der Waals surface area contributed by atoms with Crippen LogP contribution in [0.1, 0.15) is 5.56 Å². The summed E-state index contributed by atoms with van der Waals surface area (Å²) in [5, 5.41) is 8.67. The summed E-state index contributed by atoms with van der Waals surface area (Å²) >= 11 is 0. The van der Waals surface area contributed by atoms with Crippen molar-refractivity contribution < 1.29 is 18.3 Å². The zero-order chi connectivity index (χ0) is 10.8. The van der Waals surface area contributed by atoms with Crippen LogP contribution < -0.4 is 4.74 Å². The molecular weight excluding hydrogens is 204 g/mol. The normalized spacial score (nSPS) is 15.5. The lowest BCUT2D eigenvalue weighted by molar-refractivity contribution is -0.0799. The van der Waals surface area contributed by atoms with Crippen molar-refractivity contribution in [3.8, 4) is 11.8 Å². The molecule has 0 unspecified atom stereocenters. The van der Waals surface area contributed by atoms with Crippen molar-refractivity contribution in [1.29, 1.82) is 5.26 Å². The lowest BCUT2D eigenvalue weighted by atomic mass is 10.2. The molecular formula is C10H7F2NO2. The monoisotopic (exact) mass is 211 g/mol. The molecule has 0 N–H and O–H groups in total. The third-order valence-corrected chi connectivity index (χ3v) is 2.03. The Balaban J connectivity index is 2.31. The fourth-order valence-corrected chi connectivity index (χ4v) is 1.21. The van der Waals surface area contributed by atoms with Gasteiger partial charge in [0, 0.05) is 12.1 Å².